The number of hydrogen-bond acceptors (Lipinski definition) is 5. The lowest BCUT2D eigenvalue weighted by atomic mass is 10.2. The van der Waals surface area contributed by atoms with Gasteiger partial charge in [0.15, 0.2) is 13.0 Å². The van der Waals surface area contributed by atoms with E-state index in [1.807, 2.05) is 31.2 Å². The summed E-state index contributed by atoms with van der Waals surface area (Å²) >= 11 is 1.26. The van der Waals surface area contributed by atoms with E-state index in [0.29, 0.717) is 17.2 Å². The number of thioether (sulfide) groups is 1. The number of amides is 1. The molecule has 0 fully saturated rings. The minimum absolute atomic E-state index is 0.0883. The molecule has 1 aromatic carbocycles. The van der Waals surface area contributed by atoms with Gasteiger partial charge >= 0.3 is 0 Å². The Balaban J connectivity index is 1.81. The standard InChI is InChI=1S/C13H15N3O3S/c1-9-4-3-5-10(8-9)14-11(17)6-7-20-12-13(18)19-15-16(12)2/h3-5,8H,6-7H2,1-2H3,(H-,14,15,17,18). The van der Waals surface area contributed by atoms with E-state index in [9.17, 15) is 9.90 Å². The average Bonchev–Trinajstić information content (AvgIpc) is 2.70. The highest BCUT2D eigenvalue weighted by molar-refractivity contribution is 7.99. The van der Waals surface area contributed by atoms with Gasteiger partial charge in [-0.1, -0.05) is 28.6 Å². The lowest BCUT2D eigenvalue weighted by Crippen LogP contribution is -2.32. The Morgan fingerprint density at radius 3 is 3.00 bits per heavy atom. The number of aromatic nitrogens is 2. The predicted octanol–water partition coefficient (Wildman–Crippen LogP) is 1.00. The number of carbonyl (C=O) groups excluding carboxylic acids is 1. The second kappa shape index (κ2) is 6.42. The third-order valence-electron chi connectivity index (χ3n) is 2.58. The molecule has 0 unspecified atom stereocenters. The quantitative estimate of drug-likeness (QED) is 0.657. The van der Waals surface area contributed by atoms with E-state index >= 15 is 0 Å². The minimum atomic E-state index is -0.475. The first-order valence-electron chi connectivity index (χ1n) is 6.08. The second-order valence-electron chi connectivity index (χ2n) is 4.31. The maximum atomic E-state index is 11.8. The first-order chi connectivity index (χ1) is 9.56. The van der Waals surface area contributed by atoms with E-state index in [-0.39, 0.29) is 5.91 Å². The lowest BCUT2D eigenvalue weighted by molar-refractivity contribution is -0.772. The molecule has 1 amide bonds. The molecule has 6 nitrogen and oxygen atoms in total. The molecular weight excluding hydrogens is 278 g/mol. The lowest BCUT2D eigenvalue weighted by Gasteiger charge is -2.05. The van der Waals surface area contributed by atoms with Crippen LogP contribution in [0.2, 0.25) is 0 Å². The molecule has 0 aliphatic rings. The van der Waals surface area contributed by atoms with E-state index < -0.39 is 5.95 Å². The van der Waals surface area contributed by atoms with E-state index in [2.05, 4.69) is 15.1 Å². The number of nitrogens with one attached hydrogen (secondary N) is 1. The van der Waals surface area contributed by atoms with Crippen LogP contribution in [0.5, 0.6) is 5.95 Å². The first-order valence-corrected chi connectivity index (χ1v) is 7.07. The van der Waals surface area contributed by atoms with Gasteiger partial charge in [0.1, 0.15) is 0 Å². The summed E-state index contributed by atoms with van der Waals surface area (Å²) in [6.45, 7) is 1.97. The molecule has 2 rings (SSSR count). The van der Waals surface area contributed by atoms with Crippen LogP contribution >= 0.6 is 11.8 Å². The SMILES string of the molecule is Cc1cccc(NC(=O)CCSc2c([O-])on[n+]2C)c1. The van der Waals surface area contributed by atoms with Gasteiger partial charge in [0.05, 0.1) is 5.27 Å². The molecule has 0 atom stereocenters. The van der Waals surface area contributed by atoms with Crippen LogP contribution < -0.4 is 15.1 Å². The molecule has 0 aliphatic carbocycles. The van der Waals surface area contributed by atoms with E-state index in [0.717, 1.165) is 11.3 Å². The van der Waals surface area contributed by atoms with Crippen molar-refractivity contribution in [1.29, 1.82) is 0 Å². The van der Waals surface area contributed by atoms with Gasteiger partial charge in [-0.25, -0.2) is 0 Å². The van der Waals surface area contributed by atoms with E-state index in [1.165, 1.54) is 16.4 Å². The normalized spacial score (nSPS) is 10.5. The summed E-state index contributed by atoms with van der Waals surface area (Å²) in [7, 11) is 1.63. The van der Waals surface area contributed by atoms with Gasteiger partial charge in [-0.2, -0.15) is 0 Å². The third-order valence-corrected chi connectivity index (χ3v) is 3.70. The number of aryl methyl sites for hydroxylation is 2. The van der Waals surface area contributed by atoms with Crippen molar-refractivity contribution in [3.8, 4) is 5.95 Å². The van der Waals surface area contributed by atoms with Crippen LogP contribution in [0.25, 0.3) is 0 Å². The van der Waals surface area contributed by atoms with Gasteiger partial charge < -0.3 is 14.9 Å². The summed E-state index contributed by atoms with van der Waals surface area (Å²) in [4.78, 5) is 11.8. The zero-order valence-corrected chi connectivity index (χ0v) is 12.1. The highest BCUT2D eigenvalue weighted by Crippen LogP contribution is 2.21. The Morgan fingerprint density at radius 2 is 2.35 bits per heavy atom. The van der Waals surface area contributed by atoms with Gasteiger partial charge in [-0.05, 0) is 24.6 Å². The molecule has 1 aromatic heterocycles. The molecule has 106 valence electrons. The van der Waals surface area contributed by atoms with Crippen molar-refractivity contribution in [2.45, 2.75) is 18.4 Å². The van der Waals surface area contributed by atoms with Gasteiger partial charge in [-0.15, -0.1) is 0 Å². The summed E-state index contributed by atoms with van der Waals surface area (Å²) in [5.41, 5.74) is 1.87. The Morgan fingerprint density at radius 1 is 1.55 bits per heavy atom. The van der Waals surface area contributed by atoms with E-state index in [1.54, 1.807) is 7.05 Å². The van der Waals surface area contributed by atoms with Crippen LogP contribution in [-0.4, -0.2) is 16.9 Å². The van der Waals surface area contributed by atoms with Gasteiger partial charge in [0, 0.05) is 17.9 Å². The van der Waals surface area contributed by atoms with Crippen LogP contribution in [0.1, 0.15) is 12.0 Å². The Hall–Kier alpha value is -2.02. The zero-order chi connectivity index (χ0) is 14.5. The number of hydrogen-bond donors (Lipinski definition) is 1. The molecule has 20 heavy (non-hydrogen) atoms. The first kappa shape index (κ1) is 14.4. The largest absolute Gasteiger partial charge is 0.538 e. The molecule has 7 heteroatoms. The zero-order valence-electron chi connectivity index (χ0n) is 11.3. The van der Waals surface area contributed by atoms with E-state index in [4.69, 9.17) is 0 Å². The molecule has 2 aromatic rings. The van der Waals surface area contributed by atoms with Crippen molar-refractivity contribution in [1.82, 2.24) is 5.27 Å². The smallest absolute Gasteiger partial charge is 0.290 e. The van der Waals surface area contributed by atoms with Crippen molar-refractivity contribution >= 4 is 23.4 Å². The molecule has 0 bridgehead atoms. The number of rotatable bonds is 5. The second-order valence-corrected chi connectivity index (χ2v) is 5.39. The Kier molecular flexibility index (Phi) is 4.62. The van der Waals surface area contributed by atoms with Crippen molar-refractivity contribution < 1.29 is 19.1 Å². The number of carbonyl (C=O) groups is 1. The van der Waals surface area contributed by atoms with Crippen molar-refractivity contribution in [2.24, 2.45) is 7.05 Å². The maximum Gasteiger partial charge on any atom is 0.290 e. The molecule has 0 spiro atoms. The molecule has 1 N–H and O–H groups in total. The summed E-state index contributed by atoms with van der Waals surface area (Å²) in [5.74, 6) is -0.0756. The van der Waals surface area contributed by atoms with Crippen LogP contribution in [-0.2, 0) is 11.8 Å². The highest BCUT2D eigenvalue weighted by atomic mass is 32.2. The van der Waals surface area contributed by atoms with Crippen molar-refractivity contribution in [3.05, 3.63) is 29.8 Å². The minimum Gasteiger partial charge on any atom is -0.538 e. The monoisotopic (exact) mass is 293 g/mol. The fraction of sp³-hybridized carbons (Fsp3) is 0.308. The molecule has 0 aliphatic heterocycles. The van der Waals surface area contributed by atoms with Gasteiger partial charge in [-0.3, -0.25) is 4.79 Å². The molecule has 0 saturated heterocycles. The molecule has 0 radical (unpaired) electrons. The summed E-state index contributed by atoms with van der Waals surface area (Å²) in [6.07, 6.45) is 0.309. The number of nitrogens with zero attached hydrogens (tertiary/aromatic N) is 2. The van der Waals surface area contributed by atoms with Gasteiger partial charge in [0.2, 0.25) is 5.91 Å². The average molecular weight is 293 g/mol. The van der Waals surface area contributed by atoms with Crippen LogP contribution in [0.15, 0.2) is 33.8 Å². The fourth-order valence-corrected chi connectivity index (χ4v) is 2.50. The topological polar surface area (TPSA) is 82.1 Å². The molecular formula is C13H15N3O3S. The number of benzene rings is 1. The maximum absolute atomic E-state index is 11.8. The van der Waals surface area contributed by atoms with Crippen LogP contribution in [0, 0.1) is 6.92 Å². The summed E-state index contributed by atoms with van der Waals surface area (Å²) < 4.78 is 5.86. The summed E-state index contributed by atoms with van der Waals surface area (Å²) in [6, 6.07) is 7.60. The molecule has 0 saturated carbocycles. The fourth-order valence-electron chi connectivity index (χ4n) is 1.65. The van der Waals surface area contributed by atoms with Gasteiger partial charge in [0.25, 0.3) is 5.03 Å². The number of anilines is 1. The Labute approximate surface area is 120 Å². The van der Waals surface area contributed by atoms with Crippen molar-refractivity contribution in [3.63, 3.8) is 0 Å². The van der Waals surface area contributed by atoms with Crippen molar-refractivity contribution in [2.75, 3.05) is 11.1 Å². The predicted molar refractivity (Wildman–Crippen MR) is 72.3 cm³/mol. The summed E-state index contributed by atoms with van der Waals surface area (Å²) in [5, 5.41) is 18.0. The van der Waals surface area contributed by atoms with Crippen LogP contribution in [0.3, 0.4) is 0 Å². The third kappa shape index (κ3) is 3.74. The molecule has 1 heterocycles. The Bertz CT molecular complexity index is 593. The highest BCUT2D eigenvalue weighted by Gasteiger charge is 2.14. The van der Waals surface area contributed by atoms with Crippen LogP contribution in [0.4, 0.5) is 5.69 Å².